The molecule has 1 amide bonds. The second-order valence-electron chi connectivity index (χ2n) is 4.99. The van der Waals surface area contributed by atoms with Gasteiger partial charge in [-0.25, -0.2) is 13.1 Å². The molecule has 0 spiro atoms. The Labute approximate surface area is 115 Å². The van der Waals surface area contributed by atoms with Crippen molar-refractivity contribution in [2.75, 3.05) is 25.4 Å². The zero-order valence-corrected chi connectivity index (χ0v) is 12.4. The number of rotatable bonds is 8. The van der Waals surface area contributed by atoms with Gasteiger partial charge in [0.15, 0.2) is 0 Å². The molecule has 0 aromatic rings. The minimum Gasteiger partial charge on any atom is -0.341 e. The monoisotopic (exact) mass is 291 g/mol. The highest BCUT2D eigenvalue weighted by Gasteiger charge is 2.23. The number of nitrogens with two attached hydrogens (primary N) is 1. The van der Waals surface area contributed by atoms with Crippen LogP contribution < -0.4 is 10.5 Å². The summed E-state index contributed by atoms with van der Waals surface area (Å²) in [6.45, 7) is 3.78. The first-order valence-electron chi connectivity index (χ1n) is 6.98. The molecule has 7 heteroatoms. The second-order valence-corrected chi connectivity index (χ2v) is 6.92. The fraction of sp³-hybridized carbons (Fsp3) is 0.917. The second kappa shape index (κ2) is 7.81. The molecule has 0 aromatic heterocycles. The molecule has 1 heterocycles. The lowest BCUT2D eigenvalue weighted by Crippen LogP contribution is -2.42. The number of sulfonamides is 1. The summed E-state index contributed by atoms with van der Waals surface area (Å²) in [5.74, 6) is 0.139. The number of hydrogen-bond donors (Lipinski definition) is 2. The predicted molar refractivity (Wildman–Crippen MR) is 75.1 cm³/mol. The maximum Gasteiger partial charge on any atom is 0.239 e. The van der Waals surface area contributed by atoms with Crippen molar-refractivity contribution in [1.29, 1.82) is 0 Å². The first-order chi connectivity index (χ1) is 8.96. The number of amides is 1. The van der Waals surface area contributed by atoms with Crippen molar-refractivity contribution in [3.05, 3.63) is 0 Å². The first-order valence-corrected chi connectivity index (χ1v) is 8.63. The van der Waals surface area contributed by atoms with E-state index in [1.54, 1.807) is 4.90 Å². The van der Waals surface area contributed by atoms with Gasteiger partial charge in [0.25, 0.3) is 0 Å². The van der Waals surface area contributed by atoms with E-state index < -0.39 is 16.1 Å². The van der Waals surface area contributed by atoms with E-state index in [9.17, 15) is 13.2 Å². The molecule has 0 saturated carbocycles. The summed E-state index contributed by atoms with van der Waals surface area (Å²) in [6, 6.07) is -0.506. The van der Waals surface area contributed by atoms with Crippen molar-refractivity contribution >= 4 is 15.9 Å². The Kier molecular flexibility index (Phi) is 6.74. The van der Waals surface area contributed by atoms with Gasteiger partial charge in [-0.2, -0.15) is 0 Å². The van der Waals surface area contributed by atoms with Crippen molar-refractivity contribution in [1.82, 2.24) is 9.62 Å². The van der Waals surface area contributed by atoms with Gasteiger partial charge in [0, 0.05) is 19.6 Å². The largest absolute Gasteiger partial charge is 0.341 e. The number of hydrogen-bond acceptors (Lipinski definition) is 4. The molecule has 1 rings (SSSR count). The van der Waals surface area contributed by atoms with Crippen LogP contribution in [0.15, 0.2) is 0 Å². The number of carbonyl (C=O) groups excluding carboxylic acids is 1. The molecular formula is C12H25N3O3S. The highest BCUT2D eigenvalue weighted by atomic mass is 32.2. The van der Waals surface area contributed by atoms with Crippen molar-refractivity contribution < 1.29 is 13.2 Å². The molecule has 1 aliphatic rings. The minimum atomic E-state index is -3.15. The molecule has 1 aliphatic heterocycles. The molecule has 0 bridgehead atoms. The van der Waals surface area contributed by atoms with Crippen LogP contribution in [0.3, 0.4) is 0 Å². The number of nitrogens with one attached hydrogen (secondary N) is 1. The van der Waals surface area contributed by atoms with Gasteiger partial charge in [-0.3, -0.25) is 4.79 Å². The van der Waals surface area contributed by atoms with Crippen LogP contribution >= 0.6 is 0 Å². The summed E-state index contributed by atoms with van der Waals surface area (Å²) in [5, 5.41) is 0. The molecule has 1 atom stereocenters. The first kappa shape index (κ1) is 16.4. The van der Waals surface area contributed by atoms with Gasteiger partial charge < -0.3 is 10.6 Å². The van der Waals surface area contributed by atoms with E-state index in [0.29, 0.717) is 25.8 Å². The zero-order valence-electron chi connectivity index (χ0n) is 11.6. The number of nitrogens with zero attached hydrogens (tertiary/aromatic N) is 1. The molecule has 0 aliphatic carbocycles. The third-order valence-corrected chi connectivity index (χ3v) is 4.81. The molecule has 6 nitrogen and oxygen atoms in total. The normalized spacial score (nSPS) is 17.7. The van der Waals surface area contributed by atoms with E-state index in [0.717, 1.165) is 25.9 Å². The van der Waals surface area contributed by atoms with Crippen LogP contribution in [0.5, 0.6) is 0 Å². The molecule has 112 valence electrons. The van der Waals surface area contributed by atoms with Crippen molar-refractivity contribution in [3.63, 3.8) is 0 Å². The summed E-state index contributed by atoms with van der Waals surface area (Å²) in [6.07, 6.45) is 3.81. The Balaban J connectivity index is 2.19. The van der Waals surface area contributed by atoms with Gasteiger partial charge in [-0.15, -0.1) is 0 Å². The van der Waals surface area contributed by atoms with Crippen LogP contribution in [0.25, 0.3) is 0 Å². The van der Waals surface area contributed by atoms with Gasteiger partial charge in [0.05, 0.1) is 11.8 Å². The Hall–Kier alpha value is -0.660. The summed E-state index contributed by atoms with van der Waals surface area (Å²) in [7, 11) is -3.15. The third-order valence-electron chi connectivity index (χ3n) is 3.22. The van der Waals surface area contributed by atoms with Gasteiger partial charge in [-0.1, -0.05) is 6.92 Å². The molecular weight excluding hydrogens is 266 g/mol. The summed E-state index contributed by atoms with van der Waals surface area (Å²) in [4.78, 5) is 13.7. The quantitative estimate of drug-likeness (QED) is 0.618. The topological polar surface area (TPSA) is 92.5 Å². The lowest BCUT2D eigenvalue weighted by atomic mass is 10.1. The molecule has 19 heavy (non-hydrogen) atoms. The smallest absolute Gasteiger partial charge is 0.239 e. The van der Waals surface area contributed by atoms with Gasteiger partial charge in [0.1, 0.15) is 0 Å². The van der Waals surface area contributed by atoms with Crippen LogP contribution in [-0.4, -0.2) is 50.7 Å². The molecule has 0 radical (unpaired) electrons. The average molecular weight is 291 g/mol. The van der Waals surface area contributed by atoms with Gasteiger partial charge >= 0.3 is 0 Å². The summed E-state index contributed by atoms with van der Waals surface area (Å²) in [5.41, 5.74) is 5.84. The number of likely N-dealkylation sites (tertiary alicyclic amines) is 1. The molecule has 1 unspecified atom stereocenters. The maximum absolute atomic E-state index is 11.9. The fourth-order valence-corrected chi connectivity index (χ4v) is 3.32. The van der Waals surface area contributed by atoms with E-state index in [-0.39, 0.29) is 11.7 Å². The van der Waals surface area contributed by atoms with Crippen LogP contribution in [-0.2, 0) is 14.8 Å². The van der Waals surface area contributed by atoms with E-state index in [1.807, 2.05) is 6.92 Å². The van der Waals surface area contributed by atoms with Gasteiger partial charge in [-0.05, 0) is 32.1 Å². The van der Waals surface area contributed by atoms with E-state index >= 15 is 0 Å². The van der Waals surface area contributed by atoms with Crippen molar-refractivity contribution in [3.8, 4) is 0 Å². The van der Waals surface area contributed by atoms with E-state index in [2.05, 4.69) is 4.72 Å². The predicted octanol–water partition coefficient (Wildman–Crippen LogP) is 0.0457. The van der Waals surface area contributed by atoms with Crippen molar-refractivity contribution in [2.45, 2.75) is 45.1 Å². The van der Waals surface area contributed by atoms with Crippen LogP contribution in [0, 0.1) is 0 Å². The number of carbonyl (C=O) groups is 1. The molecule has 0 aromatic carbocycles. The Morgan fingerprint density at radius 3 is 2.58 bits per heavy atom. The molecule has 3 N–H and O–H groups in total. The van der Waals surface area contributed by atoms with Crippen molar-refractivity contribution in [2.24, 2.45) is 5.73 Å². The standard InChI is InChI=1S/C12H25N3O3S/c1-2-10-19(17,18)14-7-5-6-11(13)12(16)15-8-3-4-9-15/h11,14H,2-10,13H2,1H3. The Morgan fingerprint density at radius 1 is 1.37 bits per heavy atom. The van der Waals surface area contributed by atoms with Gasteiger partial charge in [0.2, 0.25) is 15.9 Å². The lowest BCUT2D eigenvalue weighted by Gasteiger charge is -2.20. The van der Waals surface area contributed by atoms with Crippen LogP contribution in [0.1, 0.15) is 39.0 Å². The minimum absolute atomic E-state index is 0.00563. The highest BCUT2D eigenvalue weighted by Crippen LogP contribution is 2.10. The zero-order chi connectivity index (χ0) is 14.3. The van der Waals surface area contributed by atoms with Crippen LogP contribution in [0.4, 0.5) is 0 Å². The fourth-order valence-electron chi connectivity index (χ4n) is 2.19. The highest BCUT2D eigenvalue weighted by molar-refractivity contribution is 7.89. The lowest BCUT2D eigenvalue weighted by molar-refractivity contribution is -0.131. The SMILES string of the molecule is CCCS(=O)(=O)NCCCC(N)C(=O)N1CCCC1. The molecule has 1 fully saturated rings. The van der Waals surface area contributed by atoms with E-state index in [4.69, 9.17) is 5.73 Å². The van der Waals surface area contributed by atoms with E-state index in [1.165, 1.54) is 0 Å². The third kappa shape index (κ3) is 5.88. The summed E-state index contributed by atoms with van der Waals surface area (Å²) < 4.78 is 25.3. The molecule has 1 saturated heterocycles. The Bertz CT molecular complexity index is 378. The van der Waals surface area contributed by atoms with Crippen LogP contribution in [0.2, 0.25) is 0 Å². The average Bonchev–Trinajstić information content (AvgIpc) is 2.87. The summed E-state index contributed by atoms with van der Waals surface area (Å²) >= 11 is 0. The maximum atomic E-state index is 11.9. The Morgan fingerprint density at radius 2 is 2.00 bits per heavy atom.